The Kier molecular flexibility index (Phi) is 4.75. The molecule has 0 saturated carbocycles. The van der Waals surface area contributed by atoms with E-state index in [1.54, 1.807) is 0 Å². The zero-order chi connectivity index (χ0) is 19.1. The van der Waals surface area contributed by atoms with Gasteiger partial charge in [0.25, 0.3) is 0 Å². The largest absolute Gasteiger partial charge is 0.396 e. The molecular weight excluding hydrogens is 342 g/mol. The van der Waals surface area contributed by atoms with Gasteiger partial charge in [0.1, 0.15) is 11.6 Å². The lowest BCUT2D eigenvalue weighted by atomic mass is 10.0. The molecule has 0 aliphatic carbocycles. The summed E-state index contributed by atoms with van der Waals surface area (Å²) in [7, 11) is 2.14. The number of nitrogens with zero attached hydrogens (tertiary/aromatic N) is 4. The molecule has 3 N–H and O–H groups in total. The van der Waals surface area contributed by atoms with Crippen LogP contribution in [0.25, 0.3) is 22.2 Å². The van der Waals surface area contributed by atoms with Crippen molar-refractivity contribution in [1.82, 2.24) is 19.6 Å². The number of hydrogen-bond acceptors (Lipinski definition) is 6. The number of hydrogen-bond donors (Lipinski definition) is 2. The normalized spacial score (nSPS) is 19.2. The van der Waals surface area contributed by atoms with E-state index in [1.165, 1.54) is 0 Å². The van der Waals surface area contributed by atoms with E-state index in [4.69, 9.17) is 15.2 Å². The van der Waals surface area contributed by atoms with Gasteiger partial charge in [-0.25, -0.2) is 4.98 Å². The van der Waals surface area contributed by atoms with E-state index < -0.39 is 0 Å². The number of aryl methyl sites for hydroxylation is 2. The van der Waals surface area contributed by atoms with Crippen LogP contribution in [0.4, 0.5) is 0 Å². The van der Waals surface area contributed by atoms with Gasteiger partial charge in [0.05, 0.1) is 22.8 Å². The fourth-order valence-electron chi connectivity index (χ4n) is 4.20. The second kappa shape index (κ2) is 7.07. The Morgan fingerprint density at radius 3 is 2.81 bits per heavy atom. The number of imidazole rings is 1. The zero-order valence-corrected chi connectivity index (χ0v) is 16.1. The highest BCUT2D eigenvalue weighted by atomic mass is 16.5. The van der Waals surface area contributed by atoms with Crippen molar-refractivity contribution in [1.29, 1.82) is 0 Å². The molecular formula is C20H27N5O2. The van der Waals surface area contributed by atoms with Crippen LogP contribution in [0.3, 0.4) is 0 Å². The molecule has 0 radical (unpaired) electrons. The monoisotopic (exact) mass is 369 g/mol. The van der Waals surface area contributed by atoms with E-state index in [2.05, 4.69) is 39.9 Å². The summed E-state index contributed by atoms with van der Waals surface area (Å²) in [6.07, 6.45) is 1.58. The maximum absolute atomic E-state index is 9.36. The molecule has 3 aromatic rings. The molecule has 27 heavy (non-hydrogen) atoms. The fourth-order valence-corrected chi connectivity index (χ4v) is 4.20. The Labute approximate surface area is 158 Å². The van der Waals surface area contributed by atoms with E-state index in [0.29, 0.717) is 12.5 Å². The van der Waals surface area contributed by atoms with Crippen molar-refractivity contribution in [2.45, 2.75) is 38.8 Å². The highest BCUT2D eigenvalue weighted by Gasteiger charge is 2.27. The van der Waals surface area contributed by atoms with Crippen LogP contribution in [0, 0.1) is 13.8 Å². The second-order valence-corrected chi connectivity index (χ2v) is 7.57. The average Bonchev–Trinajstić information content (AvgIpc) is 3.31. The van der Waals surface area contributed by atoms with Crippen molar-refractivity contribution in [2.24, 2.45) is 5.73 Å². The van der Waals surface area contributed by atoms with Crippen LogP contribution in [0.15, 0.2) is 22.7 Å². The summed E-state index contributed by atoms with van der Waals surface area (Å²) in [5.74, 6) is 1.66. The van der Waals surface area contributed by atoms with E-state index in [9.17, 15) is 5.11 Å². The van der Waals surface area contributed by atoms with Crippen molar-refractivity contribution >= 4 is 11.0 Å². The van der Waals surface area contributed by atoms with Crippen molar-refractivity contribution < 1.29 is 9.63 Å². The van der Waals surface area contributed by atoms with Crippen LogP contribution in [-0.4, -0.2) is 51.5 Å². The first-order valence-electron chi connectivity index (χ1n) is 9.49. The summed E-state index contributed by atoms with van der Waals surface area (Å²) in [5.41, 5.74) is 11.3. The number of nitrogens with two attached hydrogens (primary N) is 1. The summed E-state index contributed by atoms with van der Waals surface area (Å²) in [6.45, 7) is 5.98. The third-order valence-electron chi connectivity index (χ3n) is 5.54. The molecule has 1 aliphatic heterocycles. The van der Waals surface area contributed by atoms with Crippen LogP contribution in [-0.2, 0) is 0 Å². The van der Waals surface area contributed by atoms with Crippen LogP contribution < -0.4 is 5.73 Å². The lowest BCUT2D eigenvalue weighted by molar-refractivity contribution is 0.272. The number of likely N-dealkylation sites (tertiary alicyclic amines) is 1. The maximum atomic E-state index is 9.36. The van der Waals surface area contributed by atoms with E-state index in [0.717, 1.165) is 58.9 Å². The van der Waals surface area contributed by atoms with Gasteiger partial charge in [-0.05, 0) is 58.0 Å². The minimum absolute atomic E-state index is 0.0548. The molecule has 1 unspecified atom stereocenters. The van der Waals surface area contributed by atoms with E-state index in [-0.39, 0.29) is 12.6 Å². The molecule has 1 fully saturated rings. The quantitative estimate of drug-likeness (QED) is 0.718. The minimum Gasteiger partial charge on any atom is -0.396 e. The average molecular weight is 369 g/mol. The van der Waals surface area contributed by atoms with Crippen LogP contribution in [0.2, 0.25) is 0 Å². The van der Waals surface area contributed by atoms with Crippen LogP contribution >= 0.6 is 0 Å². The standard InChI is InChI=1S/C20H27N5O2/c1-12-19(13(2)27-23-12)14-4-5-18-17(10-14)22-20(16(21)7-9-26)25(18)15-6-8-24(3)11-15/h4-5,10,15-16,26H,6-9,11,21H2,1-3H3/t15-,16?/m0/s1. The molecule has 0 amide bonds. The molecule has 2 aromatic heterocycles. The van der Waals surface area contributed by atoms with Gasteiger partial charge in [0.15, 0.2) is 0 Å². The Balaban J connectivity index is 1.85. The van der Waals surface area contributed by atoms with Crippen molar-refractivity contribution in [2.75, 3.05) is 26.7 Å². The van der Waals surface area contributed by atoms with Crippen LogP contribution in [0.1, 0.15) is 42.2 Å². The molecule has 4 rings (SSSR count). The van der Waals surface area contributed by atoms with Gasteiger partial charge in [0.2, 0.25) is 0 Å². The van der Waals surface area contributed by atoms with Gasteiger partial charge >= 0.3 is 0 Å². The van der Waals surface area contributed by atoms with Crippen molar-refractivity contribution in [3.8, 4) is 11.1 Å². The number of aliphatic hydroxyl groups excluding tert-OH is 1. The number of aromatic nitrogens is 3. The Morgan fingerprint density at radius 2 is 2.19 bits per heavy atom. The summed E-state index contributed by atoms with van der Waals surface area (Å²) in [6, 6.07) is 6.39. The molecule has 1 aliphatic rings. The highest BCUT2D eigenvalue weighted by molar-refractivity contribution is 5.84. The Hall–Kier alpha value is -2.22. The van der Waals surface area contributed by atoms with Gasteiger partial charge in [-0.1, -0.05) is 11.2 Å². The van der Waals surface area contributed by atoms with Crippen molar-refractivity contribution in [3.63, 3.8) is 0 Å². The predicted molar refractivity (Wildman–Crippen MR) is 104 cm³/mol. The molecule has 0 spiro atoms. The first-order chi connectivity index (χ1) is 13.0. The smallest absolute Gasteiger partial charge is 0.141 e. The molecule has 0 bridgehead atoms. The fraction of sp³-hybridized carbons (Fsp3) is 0.500. The maximum Gasteiger partial charge on any atom is 0.141 e. The van der Waals surface area contributed by atoms with Gasteiger partial charge in [-0.2, -0.15) is 0 Å². The van der Waals surface area contributed by atoms with Gasteiger partial charge < -0.3 is 24.8 Å². The van der Waals surface area contributed by atoms with E-state index >= 15 is 0 Å². The number of fused-ring (bicyclic) bond motifs is 1. The number of benzene rings is 1. The lowest BCUT2D eigenvalue weighted by Gasteiger charge is -2.20. The Morgan fingerprint density at radius 1 is 1.37 bits per heavy atom. The summed E-state index contributed by atoms with van der Waals surface area (Å²) < 4.78 is 7.61. The number of aliphatic hydroxyl groups is 1. The molecule has 1 saturated heterocycles. The molecule has 7 nitrogen and oxygen atoms in total. The summed E-state index contributed by atoms with van der Waals surface area (Å²) >= 11 is 0. The summed E-state index contributed by atoms with van der Waals surface area (Å²) in [4.78, 5) is 7.22. The Bertz CT molecular complexity index is 941. The minimum atomic E-state index is -0.282. The molecule has 3 heterocycles. The zero-order valence-electron chi connectivity index (χ0n) is 16.1. The third-order valence-corrected chi connectivity index (χ3v) is 5.54. The van der Waals surface area contributed by atoms with Crippen LogP contribution in [0.5, 0.6) is 0 Å². The molecule has 2 atom stereocenters. The second-order valence-electron chi connectivity index (χ2n) is 7.57. The third kappa shape index (κ3) is 3.16. The first kappa shape index (κ1) is 18.2. The van der Waals surface area contributed by atoms with Crippen molar-refractivity contribution in [3.05, 3.63) is 35.5 Å². The highest BCUT2D eigenvalue weighted by Crippen LogP contribution is 2.34. The van der Waals surface area contributed by atoms with Gasteiger partial charge in [0, 0.05) is 24.8 Å². The van der Waals surface area contributed by atoms with E-state index in [1.807, 2.05) is 13.8 Å². The lowest BCUT2D eigenvalue weighted by Crippen LogP contribution is -2.22. The van der Waals surface area contributed by atoms with Gasteiger partial charge in [-0.3, -0.25) is 0 Å². The number of rotatable bonds is 5. The molecule has 1 aromatic carbocycles. The molecule has 7 heteroatoms. The van der Waals surface area contributed by atoms with Gasteiger partial charge in [-0.15, -0.1) is 0 Å². The predicted octanol–water partition coefficient (Wildman–Crippen LogP) is 2.57. The first-order valence-corrected chi connectivity index (χ1v) is 9.49. The number of likely N-dealkylation sites (N-methyl/N-ethyl adjacent to an activating group) is 1. The summed E-state index contributed by atoms with van der Waals surface area (Å²) in [5, 5.41) is 13.4. The topological polar surface area (TPSA) is 93.3 Å². The SMILES string of the molecule is Cc1noc(C)c1-c1ccc2c(c1)nc(C(N)CCO)n2[C@H]1CCN(C)C1. The molecule has 144 valence electrons.